The Kier molecular flexibility index (Phi) is 5.09. The summed E-state index contributed by atoms with van der Waals surface area (Å²) < 4.78 is 13.6. The summed E-state index contributed by atoms with van der Waals surface area (Å²) >= 11 is 0. The first-order valence-electron chi connectivity index (χ1n) is 8.75. The highest BCUT2D eigenvalue weighted by molar-refractivity contribution is 5.97. The highest BCUT2D eigenvalue weighted by atomic mass is 19.1. The van der Waals surface area contributed by atoms with Gasteiger partial charge in [-0.05, 0) is 49.4 Å². The molecule has 1 aromatic carbocycles. The van der Waals surface area contributed by atoms with Crippen LogP contribution in [0.1, 0.15) is 60.9 Å². The molecule has 124 valence electrons. The third-order valence-corrected chi connectivity index (χ3v) is 5.12. The van der Waals surface area contributed by atoms with E-state index >= 15 is 0 Å². The van der Waals surface area contributed by atoms with Gasteiger partial charge in [-0.3, -0.25) is 9.59 Å². The Morgan fingerprint density at radius 2 is 1.74 bits per heavy atom. The molecule has 0 aromatic heterocycles. The quantitative estimate of drug-likeness (QED) is 0.848. The number of rotatable bonds is 4. The van der Waals surface area contributed by atoms with Crippen LogP contribution in [0.2, 0.25) is 0 Å². The molecule has 2 aliphatic rings. The van der Waals surface area contributed by atoms with Gasteiger partial charge in [0, 0.05) is 31.0 Å². The lowest BCUT2D eigenvalue weighted by atomic mass is 9.83. The molecule has 1 amide bonds. The van der Waals surface area contributed by atoms with Gasteiger partial charge in [-0.25, -0.2) is 4.39 Å². The Balaban J connectivity index is 1.78. The van der Waals surface area contributed by atoms with Gasteiger partial charge in [0.25, 0.3) is 5.91 Å². The molecule has 0 radical (unpaired) electrons. The lowest BCUT2D eigenvalue weighted by molar-refractivity contribution is -0.123. The van der Waals surface area contributed by atoms with Crippen LogP contribution in [0.4, 0.5) is 4.39 Å². The van der Waals surface area contributed by atoms with Crippen LogP contribution in [0, 0.1) is 11.7 Å². The van der Waals surface area contributed by atoms with E-state index in [9.17, 15) is 14.0 Å². The van der Waals surface area contributed by atoms with Crippen molar-refractivity contribution in [2.45, 2.75) is 51.4 Å². The number of Topliss-reactive ketones (excluding diaryl/α,β-unsaturated/α-hetero) is 1. The minimum atomic E-state index is -0.380. The van der Waals surface area contributed by atoms with Gasteiger partial charge in [-0.2, -0.15) is 0 Å². The van der Waals surface area contributed by atoms with E-state index in [0.717, 1.165) is 51.6 Å². The highest BCUT2D eigenvalue weighted by Crippen LogP contribution is 2.26. The van der Waals surface area contributed by atoms with Crippen LogP contribution in [-0.4, -0.2) is 29.7 Å². The van der Waals surface area contributed by atoms with Crippen molar-refractivity contribution in [3.05, 3.63) is 35.1 Å². The third kappa shape index (κ3) is 3.80. The van der Waals surface area contributed by atoms with Gasteiger partial charge in [0.05, 0.1) is 0 Å². The summed E-state index contributed by atoms with van der Waals surface area (Å²) in [6, 6.07) is 4.22. The largest absolute Gasteiger partial charge is 0.339 e. The summed E-state index contributed by atoms with van der Waals surface area (Å²) in [5.74, 6) is -0.198. The Hall–Kier alpha value is -1.71. The van der Waals surface area contributed by atoms with Gasteiger partial charge in [0.2, 0.25) is 0 Å². The van der Waals surface area contributed by atoms with E-state index in [-0.39, 0.29) is 29.8 Å². The van der Waals surface area contributed by atoms with Crippen LogP contribution in [0.15, 0.2) is 18.2 Å². The molecule has 4 heteroatoms. The molecule has 1 saturated carbocycles. The topological polar surface area (TPSA) is 37.4 Å². The summed E-state index contributed by atoms with van der Waals surface area (Å²) in [6.45, 7) is 1.51. The Labute approximate surface area is 136 Å². The van der Waals surface area contributed by atoms with Gasteiger partial charge in [-0.1, -0.05) is 19.3 Å². The number of hydrogen-bond donors (Lipinski definition) is 0. The van der Waals surface area contributed by atoms with E-state index in [2.05, 4.69) is 0 Å². The number of halogens is 1. The predicted molar refractivity (Wildman–Crippen MR) is 86.8 cm³/mol. The van der Waals surface area contributed by atoms with Crippen molar-refractivity contribution in [3.8, 4) is 0 Å². The first kappa shape index (κ1) is 16.2. The zero-order valence-electron chi connectivity index (χ0n) is 13.5. The minimum Gasteiger partial charge on any atom is -0.339 e. The van der Waals surface area contributed by atoms with E-state index in [1.165, 1.54) is 18.6 Å². The lowest BCUT2D eigenvalue weighted by Gasteiger charge is -2.21. The monoisotopic (exact) mass is 317 g/mol. The Morgan fingerprint density at radius 1 is 1.04 bits per heavy atom. The Morgan fingerprint density at radius 3 is 2.43 bits per heavy atom. The normalized spacial score (nSPS) is 19.1. The van der Waals surface area contributed by atoms with Crippen LogP contribution in [0.5, 0.6) is 0 Å². The Bertz CT molecular complexity index is 587. The van der Waals surface area contributed by atoms with Crippen molar-refractivity contribution in [1.82, 2.24) is 4.90 Å². The van der Waals surface area contributed by atoms with E-state index < -0.39 is 0 Å². The predicted octanol–water partition coefficient (Wildman–Crippen LogP) is 3.75. The molecule has 23 heavy (non-hydrogen) atoms. The van der Waals surface area contributed by atoms with Crippen LogP contribution in [0.25, 0.3) is 0 Å². The fourth-order valence-corrected chi connectivity index (χ4v) is 3.76. The second-order valence-electron chi connectivity index (χ2n) is 6.78. The fourth-order valence-electron chi connectivity index (χ4n) is 3.76. The van der Waals surface area contributed by atoms with Crippen LogP contribution in [0.3, 0.4) is 0 Å². The average Bonchev–Trinajstić information content (AvgIpc) is 3.10. The number of nitrogens with zero attached hydrogens (tertiary/aromatic N) is 1. The highest BCUT2D eigenvalue weighted by Gasteiger charge is 2.25. The van der Waals surface area contributed by atoms with Crippen molar-refractivity contribution in [3.63, 3.8) is 0 Å². The van der Waals surface area contributed by atoms with Crippen molar-refractivity contribution in [2.24, 2.45) is 5.92 Å². The molecule has 1 heterocycles. The number of ketones is 1. The molecule has 0 atom stereocenters. The molecule has 1 saturated heterocycles. The van der Waals surface area contributed by atoms with E-state index in [4.69, 9.17) is 0 Å². The van der Waals surface area contributed by atoms with E-state index in [1.54, 1.807) is 6.07 Å². The second kappa shape index (κ2) is 7.24. The maximum atomic E-state index is 13.6. The number of carbonyl (C=O) groups excluding carboxylic acids is 2. The molecule has 1 aliphatic carbocycles. The van der Waals surface area contributed by atoms with Gasteiger partial charge in [0.1, 0.15) is 11.6 Å². The molecular weight excluding hydrogens is 293 g/mol. The lowest BCUT2D eigenvalue weighted by Crippen LogP contribution is -2.29. The fraction of sp³-hybridized carbons (Fsp3) is 0.579. The molecular formula is C19H24FNO2. The maximum absolute atomic E-state index is 13.6. The van der Waals surface area contributed by atoms with E-state index in [1.807, 2.05) is 4.90 Å². The second-order valence-corrected chi connectivity index (χ2v) is 6.78. The van der Waals surface area contributed by atoms with E-state index in [0.29, 0.717) is 11.1 Å². The molecule has 3 rings (SSSR count). The molecule has 1 aromatic rings. The van der Waals surface area contributed by atoms with Gasteiger partial charge in [0.15, 0.2) is 0 Å². The van der Waals surface area contributed by atoms with Gasteiger partial charge < -0.3 is 4.90 Å². The maximum Gasteiger partial charge on any atom is 0.254 e. The van der Waals surface area contributed by atoms with Crippen molar-refractivity contribution in [2.75, 3.05) is 13.1 Å². The zero-order valence-corrected chi connectivity index (χ0v) is 13.5. The van der Waals surface area contributed by atoms with Gasteiger partial charge in [-0.15, -0.1) is 0 Å². The van der Waals surface area contributed by atoms with Crippen LogP contribution < -0.4 is 0 Å². The summed E-state index contributed by atoms with van der Waals surface area (Å²) in [4.78, 5) is 27.0. The first-order valence-corrected chi connectivity index (χ1v) is 8.75. The summed E-state index contributed by atoms with van der Waals surface area (Å²) in [5.41, 5.74) is 1.05. The molecule has 0 spiro atoms. The number of benzene rings is 1. The van der Waals surface area contributed by atoms with Crippen molar-refractivity contribution >= 4 is 11.7 Å². The summed E-state index contributed by atoms with van der Waals surface area (Å²) in [6.07, 6.45) is 7.47. The van der Waals surface area contributed by atoms with Crippen molar-refractivity contribution < 1.29 is 14.0 Å². The molecule has 0 bridgehead atoms. The number of hydrogen-bond acceptors (Lipinski definition) is 2. The molecule has 3 nitrogen and oxygen atoms in total. The van der Waals surface area contributed by atoms with Crippen LogP contribution >= 0.6 is 0 Å². The SMILES string of the molecule is O=C(Cc1cc(F)ccc1C(=O)N1CCCC1)C1CCCCC1. The molecule has 0 N–H and O–H groups in total. The van der Waals surface area contributed by atoms with Gasteiger partial charge >= 0.3 is 0 Å². The smallest absolute Gasteiger partial charge is 0.254 e. The molecule has 1 aliphatic heterocycles. The average molecular weight is 317 g/mol. The zero-order chi connectivity index (χ0) is 16.2. The number of amides is 1. The third-order valence-electron chi connectivity index (χ3n) is 5.12. The van der Waals surface area contributed by atoms with Crippen LogP contribution in [-0.2, 0) is 11.2 Å². The molecule has 0 unspecified atom stereocenters. The minimum absolute atomic E-state index is 0.0612. The first-order chi connectivity index (χ1) is 11.1. The number of likely N-dealkylation sites (tertiary alicyclic amines) is 1. The molecule has 2 fully saturated rings. The summed E-state index contributed by atoms with van der Waals surface area (Å²) in [7, 11) is 0. The number of carbonyl (C=O) groups is 2. The summed E-state index contributed by atoms with van der Waals surface area (Å²) in [5, 5.41) is 0. The van der Waals surface area contributed by atoms with Crippen molar-refractivity contribution in [1.29, 1.82) is 0 Å². The standard InChI is InChI=1S/C19H24FNO2/c20-16-8-9-17(19(23)21-10-4-5-11-21)15(12-16)13-18(22)14-6-2-1-3-7-14/h8-9,12,14H,1-7,10-11,13H2.